The van der Waals surface area contributed by atoms with Gasteiger partial charge in [0.15, 0.2) is 0 Å². The van der Waals surface area contributed by atoms with Gasteiger partial charge in [-0.25, -0.2) is 4.98 Å². The average Bonchev–Trinajstić information content (AvgIpc) is 3.04. The molecule has 6 nitrogen and oxygen atoms in total. The summed E-state index contributed by atoms with van der Waals surface area (Å²) in [6.07, 6.45) is 0. The van der Waals surface area contributed by atoms with Gasteiger partial charge in [-0.15, -0.1) is 11.3 Å². The first-order valence-electron chi connectivity index (χ1n) is 9.00. The van der Waals surface area contributed by atoms with Gasteiger partial charge in [0.25, 0.3) is 5.91 Å². The van der Waals surface area contributed by atoms with Crippen LogP contribution >= 0.6 is 11.3 Å². The smallest absolute Gasteiger partial charge is 0.251 e. The zero-order valence-corrected chi connectivity index (χ0v) is 17.1. The number of benzene rings is 2. The number of carbonyl (C=O) groups excluding carboxylic acids is 2. The molecule has 3 rings (SSSR count). The van der Waals surface area contributed by atoms with Crippen molar-refractivity contribution >= 4 is 39.1 Å². The summed E-state index contributed by atoms with van der Waals surface area (Å²) < 4.78 is 6.12. The maximum Gasteiger partial charge on any atom is 0.251 e. The Morgan fingerprint density at radius 1 is 1.11 bits per heavy atom. The molecule has 0 aliphatic rings. The maximum absolute atomic E-state index is 12.8. The molecule has 1 aromatic heterocycles. The molecule has 0 aliphatic carbocycles. The number of aryl methyl sites for hydroxylation is 1. The molecule has 2 amide bonds. The molecule has 0 saturated heterocycles. The number of hydrogen-bond donors (Lipinski definition) is 2. The Morgan fingerprint density at radius 3 is 2.46 bits per heavy atom. The van der Waals surface area contributed by atoms with Gasteiger partial charge >= 0.3 is 0 Å². The number of nitrogens with one attached hydrogen (secondary N) is 2. The first-order chi connectivity index (χ1) is 13.4. The Balaban J connectivity index is 1.72. The SMILES string of the molecule is COc1ccc(C(=O)N[C@@H](C(=O)Nc2ccc3nc(C)sc3c2)C(C)C)cc1. The Bertz CT molecular complexity index is 996. The summed E-state index contributed by atoms with van der Waals surface area (Å²) in [6.45, 7) is 5.75. The van der Waals surface area contributed by atoms with Gasteiger partial charge < -0.3 is 15.4 Å². The van der Waals surface area contributed by atoms with E-state index in [-0.39, 0.29) is 17.7 Å². The van der Waals surface area contributed by atoms with Crippen molar-refractivity contribution in [2.24, 2.45) is 5.92 Å². The van der Waals surface area contributed by atoms with Gasteiger partial charge in [-0.1, -0.05) is 13.8 Å². The van der Waals surface area contributed by atoms with Crippen molar-refractivity contribution in [1.82, 2.24) is 10.3 Å². The van der Waals surface area contributed by atoms with Crippen LogP contribution in [0.2, 0.25) is 0 Å². The van der Waals surface area contributed by atoms with E-state index in [1.54, 1.807) is 42.7 Å². The van der Waals surface area contributed by atoms with Gasteiger partial charge in [-0.3, -0.25) is 9.59 Å². The highest BCUT2D eigenvalue weighted by molar-refractivity contribution is 7.18. The van der Waals surface area contributed by atoms with Crippen LogP contribution in [0.15, 0.2) is 42.5 Å². The Hall–Kier alpha value is -2.93. The summed E-state index contributed by atoms with van der Waals surface area (Å²) in [6, 6.07) is 11.7. The predicted molar refractivity (Wildman–Crippen MR) is 112 cm³/mol. The number of thiazole rings is 1. The van der Waals surface area contributed by atoms with Crippen LogP contribution in [-0.2, 0) is 4.79 Å². The van der Waals surface area contributed by atoms with Crippen LogP contribution in [0.3, 0.4) is 0 Å². The second-order valence-electron chi connectivity index (χ2n) is 6.83. The monoisotopic (exact) mass is 397 g/mol. The number of fused-ring (bicyclic) bond motifs is 1. The second kappa shape index (κ2) is 8.39. The van der Waals surface area contributed by atoms with Crippen LogP contribution in [0.25, 0.3) is 10.2 Å². The van der Waals surface area contributed by atoms with Crippen LogP contribution in [-0.4, -0.2) is 29.9 Å². The van der Waals surface area contributed by atoms with Crippen molar-refractivity contribution in [3.8, 4) is 5.75 Å². The summed E-state index contributed by atoms with van der Waals surface area (Å²) in [4.78, 5) is 29.8. The van der Waals surface area contributed by atoms with Gasteiger partial charge in [0.2, 0.25) is 5.91 Å². The van der Waals surface area contributed by atoms with E-state index in [9.17, 15) is 9.59 Å². The fraction of sp³-hybridized carbons (Fsp3) is 0.286. The molecule has 2 N–H and O–H groups in total. The lowest BCUT2D eigenvalue weighted by Crippen LogP contribution is -2.47. The van der Waals surface area contributed by atoms with Crippen LogP contribution in [0.4, 0.5) is 5.69 Å². The highest BCUT2D eigenvalue weighted by atomic mass is 32.1. The number of hydrogen-bond acceptors (Lipinski definition) is 5. The van der Waals surface area contributed by atoms with E-state index in [4.69, 9.17) is 4.74 Å². The van der Waals surface area contributed by atoms with Gasteiger partial charge in [0, 0.05) is 11.3 Å². The van der Waals surface area contributed by atoms with Crippen molar-refractivity contribution in [1.29, 1.82) is 0 Å². The molecular formula is C21H23N3O3S. The second-order valence-corrected chi connectivity index (χ2v) is 8.06. The van der Waals surface area contributed by atoms with E-state index in [0.717, 1.165) is 15.2 Å². The van der Waals surface area contributed by atoms with Crippen molar-refractivity contribution in [3.05, 3.63) is 53.0 Å². The largest absolute Gasteiger partial charge is 0.497 e. The summed E-state index contributed by atoms with van der Waals surface area (Å²) in [5.41, 5.74) is 2.07. The molecule has 7 heteroatoms. The highest BCUT2D eigenvalue weighted by Gasteiger charge is 2.25. The van der Waals surface area contributed by atoms with E-state index < -0.39 is 6.04 Å². The Morgan fingerprint density at radius 2 is 1.82 bits per heavy atom. The first-order valence-corrected chi connectivity index (χ1v) is 9.82. The molecule has 0 spiro atoms. The van der Waals surface area contributed by atoms with Gasteiger partial charge in [-0.05, 0) is 55.3 Å². The molecule has 2 aromatic carbocycles. The number of ether oxygens (including phenoxy) is 1. The number of rotatable bonds is 6. The van der Waals surface area contributed by atoms with Gasteiger partial charge in [0.1, 0.15) is 11.8 Å². The topological polar surface area (TPSA) is 80.3 Å². The van der Waals surface area contributed by atoms with Crippen LogP contribution < -0.4 is 15.4 Å². The lowest BCUT2D eigenvalue weighted by Gasteiger charge is -2.22. The number of carbonyl (C=O) groups is 2. The Kier molecular flexibility index (Phi) is 5.94. The molecule has 1 heterocycles. The minimum atomic E-state index is -0.659. The molecule has 1 atom stereocenters. The highest BCUT2D eigenvalue weighted by Crippen LogP contribution is 2.25. The van der Waals surface area contributed by atoms with Crippen molar-refractivity contribution in [3.63, 3.8) is 0 Å². The molecule has 0 radical (unpaired) electrons. The molecule has 146 valence electrons. The number of anilines is 1. The third-order valence-electron chi connectivity index (χ3n) is 4.35. The predicted octanol–water partition coefficient (Wildman–Crippen LogP) is 4.01. The van der Waals surface area contributed by atoms with E-state index in [2.05, 4.69) is 15.6 Å². The number of nitrogens with zero attached hydrogens (tertiary/aromatic N) is 1. The molecule has 0 aliphatic heterocycles. The van der Waals surface area contributed by atoms with E-state index in [0.29, 0.717) is 17.0 Å². The third-order valence-corrected chi connectivity index (χ3v) is 5.28. The fourth-order valence-corrected chi connectivity index (χ4v) is 3.71. The standard InChI is InChI=1S/C21H23N3O3S/c1-12(2)19(24-20(25)14-5-8-16(27-4)9-6-14)21(26)23-15-7-10-17-18(11-15)28-13(3)22-17/h5-12,19H,1-4H3,(H,23,26)(H,24,25)/t19-/m1/s1. The zero-order chi connectivity index (χ0) is 20.3. The first kappa shape index (κ1) is 19.8. The molecule has 0 fully saturated rings. The van der Waals surface area contributed by atoms with E-state index in [1.807, 2.05) is 39.0 Å². The van der Waals surface area contributed by atoms with Crippen LogP contribution in [0.1, 0.15) is 29.2 Å². The lowest BCUT2D eigenvalue weighted by atomic mass is 10.0. The van der Waals surface area contributed by atoms with Gasteiger partial charge in [-0.2, -0.15) is 0 Å². The van der Waals surface area contributed by atoms with Crippen LogP contribution in [0.5, 0.6) is 5.75 Å². The molecule has 3 aromatic rings. The Labute approximate surface area is 167 Å². The minimum Gasteiger partial charge on any atom is -0.497 e. The summed E-state index contributed by atoms with van der Waals surface area (Å²) in [7, 11) is 1.57. The number of amides is 2. The fourth-order valence-electron chi connectivity index (χ4n) is 2.84. The molecule has 0 unspecified atom stereocenters. The minimum absolute atomic E-state index is 0.0726. The summed E-state index contributed by atoms with van der Waals surface area (Å²) in [5.74, 6) is 0.0439. The zero-order valence-electron chi connectivity index (χ0n) is 16.3. The summed E-state index contributed by atoms with van der Waals surface area (Å²) >= 11 is 1.58. The average molecular weight is 398 g/mol. The molecule has 0 saturated carbocycles. The quantitative estimate of drug-likeness (QED) is 0.659. The number of methoxy groups -OCH3 is 1. The number of aromatic nitrogens is 1. The molecular weight excluding hydrogens is 374 g/mol. The van der Waals surface area contributed by atoms with E-state index >= 15 is 0 Å². The lowest BCUT2D eigenvalue weighted by molar-refractivity contribution is -0.118. The maximum atomic E-state index is 12.8. The van der Waals surface area contributed by atoms with Crippen molar-refractivity contribution in [2.75, 3.05) is 12.4 Å². The van der Waals surface area contributed by atoms with Gasteiger partial charge in [0.05, 0.1) is 22.3 Å². The van der Waals surface area contributed by atoms with Crippen molar-refractivity contribution < 1.29 is 14.3 Å². The molecule has 28 heavy (non-hydrogen) atoms. The normalized spacial score (nSPS) is 12.0. The van der Waals surface area contributed by atoms with E-state index in [1.165, 1.54) is 0 Å². The summed E-state index contributed by atoms with van der Waals surface area (Å²) in [5, 5.41) is 6.71. The van der Waals surface area contributed by atoms with Crippen molar-refractivity contribution in [2.45, 2.75) is 26.8 Å². The van der Waals surface area contributed by atoms with Crippen LogP contribution in [0, 0.1) is 12.8 Å². The third kappa shape index (κ3) is 4.48. The molecule has 0 bridgehead atoms.